The standard InChI is InChI=1S/C24H26ClN3O2/c1-17-14-22(26-21-11-4-3-10-20(17)21)27-24(12-5-2-6-13-24)28-23(29)16-30-19-9-7-8-18(25)15-19/h3-4,7-11,14-15H,2,5-6,12-13,16H2,1H3,(H,26,27)(H,28,29). The number of carbonyl (C=O) groups excluding carboxylic acids is 1. The van der Waals surface area contributed by atoms with Gasteiger partial charge in [-0.05, 0) is 68.5 Å². The van der Waals surface area contributed by atoms with E-state index in [0.29, 0.717) is 10.8 Å². The van der Waals surface area contributed by atoms with Gasteiger partial charge in [0.15, 0.2) is 6.61 Å². The first kappa shape index (κ1) is 20.5. The van der Waals surface area contributed by atoms with Crippen molar-refractivity contribution in [2.24, 2.45) is 0 Å². The van der Waals surface area contributed by atoms with E-state index < -0.39 is 5.66 Å². The number of hydrogen-bond donors (Lipinski definition) is 2. The lowest BCUT2D eigenvalue weighted by Gasteiger charge is -2.39. The van der Waals surface area contributed by atoms with Gasteiger partial charge >= 0.3 is 0 Å². The fraction of sp³-hybridized carbons (Fsp3) is 0.333. The number of aromatic nitrogens is 1. The molecule has 1 fully saturated rings. The monoisotopic (exact) mass is 423 g/mol. The molecule has 1 saturated carbocycles. The van der Waals surface area contributed by atoms with Crippen LogP contribution in [-0.4, -0.2) is 23.2 Å². The van der Waals surface area contributed by atoms with E-state index in [4.69, 9.17) is 21.3 Å². The van der Waals surface area contributed by atoms with Crippen molar-refractivity contribution in [3.05, 3.63) is 65.2 Å². The maximum Gasteiger partial charge on any atom is 0.259 e. The second kappa shape index (κ2) is 8.92. The highest BCUT2D eigenvalue weighted by Gasteiger charge is 2.34. The van der Waals surface area contributed by atoms with Crippen molar-refractivity contribution in [1.29, 1.82) is 0 Å². The third-order valence-corrected chi connectivity index (χ3v) is 5.78. The van der Waals surface area contributed by atoms with Crippen molar-refractivity contribution in [2.45, 2.75) is 44.7 Å². The number of rotatable bonds is 6. The maximum absolute atomic E-state index is 12.7. The molecule has 0 bridgehead atoms. The van der Waals surface area contributed by atoms with Crippen LogP contribution in [0.1, 0.15) is 37.7 Å². The zero-order valence-corrected chi connectivity index (χ0v) is 17.8. The van der Waals surface area contributed by atoms with Crippen LogP contribution in [0.2, 0.25) is 5.02 Å². The molecular formula is C24H26ClN3O2. The highest BCUT2D eigenvalue weighted by Crippen LogP contribution is 2.30. The number of hydrogen-bond acceptors (Lipinski definition) is 4. The number of amides is 1. The van der Waals surface area contributed by atoms with Gasteiger partial charge in [0.05, 0.1) is 5.52 Å². The zero-order valence-electron chi connectivity index (χ0n) is 17.1. The second-order valence-corrected chi connectivity index (χ2v) is 8.34. The molecule has 0 spiro atoms. The molecule has 5 nitrogen and oxygen atoms in total. The molecular weight excluding hydrogens is 398 g/mol. The van der Waals surface area contributed by atoms with E-state index in [9.17, 15) is 4.79 Å². The summed E-state index contributed by atoms with van der Waals surface area (Å²) >= 11 is 5.98. The lowest BCUT2D eigenvalue weighted by molar-refractivity contribution is -0.125. The summed E-state index contributed by atoms with van der Waals surface area (Å²) in [6, 6.07) is 17.2. The number of pyridine rings is 1. The second-order valence-electron chi connectivity index (χ2n) is 7.90. The van der Waals surface area contributed by atoms with Crippen LogP contribution in [0.5, 0.6) is 5.75 Å². The van der Waals surface area contributed by atoms with Crippen molar-refractivity contribution in [2.75, 3.05) is 11.9 Å². The lowest BCUT2D eigenvalue weighted by atomic mass is 9.88. The van der Waals surface area contributed by atoms with Gasteiger partial charge in [-0.25, -0.2) is 4.98 Å². The minimum atomic E-state index is -0.519. The van der Waals surface area contributed by atoms with Gasteiger partial charge in [0, 0.05) is 10.4 Å². The number of para-hydroxylation sites is 1. The minimum Gasteiger partial charge on any atom is -0.484 e. The van der Waals surface area contributed by atoms with Gasteiger partial charge in [-0.15, -0.1) is 0 Å². The number of fused-ring (bicyclic) bond motifs is 1. The van der Waals surface area contributed by atoms with Gasteiger partial charge in [0.2, 0.25) is 0 Å². The number of nitrogens with zero attached hydrogens (tertiary/aromatic N) is 1. The van der Waals surface area contributed by atoms with Crippen molar-refractivity contribution in [3.63, 3.8) is 0 Å². The molecule has 0 aliphatic heterocycles. The Morgan fingerprint density at radius 1 is 1.10 bits per heavy atom. The number of carbonyl (C=O) groups is 1. The Labute approximate surface area is 181 Å². The highest BCUT2D eigenvalue weighted by atomic mass is 35.5. The van der Waals surface area contributed by atoms with Gasteiger partial charge in [0.25, 0.3) is 5.91 Å². The predicted molar refractivity (Wildman–Crippen MR) is 121 cm³/mol. The topological polar surface area (TPSA) is 63.2 Å². The molecule has 2 N–H and O–H groups in total. The van der Waals surface area contributed by atoms with Gasteiger partial charge in [-0.2, -0.15) is 0 Å². The van der Waals surface area contributed by atoms with Crippen LogP contribution in [0, 0.1) is 6.92 Å². The van der Waals surface area contributed by atoms with Crippen molar-refractivity contribution in [3.8, 4) is 5.75 Å². The fourth-order valence-electron chi connectivity index (χ4n) is 4.10. The van der Waals surface area contributed by atoms with E-state index in [1.807, 2.05) is 24.3 Å². The molecule has 0 atom stereocenters. The number of anilines is 1. The Hall–Kier alpha value is -2.79. The summed E-state index contributed by atoms with van der Waals surface area (Å²) in [5.41, 5.74) is 1.58. The molecule has 1 heterocycles. The number of aryl methyl sites for hydroxylation is 1. The Kier molecular flexibility index (Phi) is 6.09. The molecule has 0 radical (unpaired) electrons. The third-order valence-electron chi connectivity index (χ3n) is 5.54. The van der Waals surface area contributed by atoms with Gasteiger partial charge in [-0.3, -0.25) is 4.79 Å². The first-order chi connectivity index (χ1) is 14.5. The molecule has 0 unspecified atom stereocenters. The normalized spacial score (nSPS) is 15.5. The molecule has 3 aromatic rings. The fourth-order valence-corrected chi connectivity index (χ4v) is 4.28. The van der Waals surface area contributed by atoms with Crippen LogP contribution < -0.4 is 15.4 Å². The SMILES string of the molecule is Cc1cc(NC2(NC(=O)COc3cccc(Cl)c3)CCCCC2)nc2ccccc12. The van der Waals surface area contributed by atoms with Crippen LogP contribution >= 0.6 is 11.6 Å². The molecule has 156 valence electrons. The van der Waals surface area contributed by atoms with E-state index in [0.717, 1.165) is 48.0 Å². The van der Waals surface area contributed by atoms with Gasteiger partial charge < -0.3 is 15.4 Å². The summed E-state index contributed by atoms with van der Waals surface area (Å²) in [7, 11) is 0. The van der Waals surface area contributed by atoms with Crippen LogP contribution in [-0.2, 0) is 4.79 Å². The van der Waals surface area contributed by atoms with Crippen LogP contribution in [0.4, 0.5) is 5.82 Å². The summed E-state index contributed by atoms with van der Waals surface area (Å²) < 4.78 is 5.62. The van der Waals surface area contributed by atoms with Crippen LogP contribution in [0.3, 0.4) is 0 Å². The third kappa shape index (κ3) is 4.85. The quantitative estimate of drug-likeness (QED) is 0.516. The number of nitrogens with one attached hydrogen (secondary N) is 2. The zero-order chi connectivity index (χ0) is 21.0. The Balaban J connectivity index is 1.49. The molecule has 1 aliphatic carbocycles. The molecule has 6 heteroatoms. The number of halogens is 1. The molecule has 1 amide bonds. The van der Waals surface area contributed by atoms with Gasteiger partial charge in [-0.1, -0.05) is 42.3 Å². The molecule has 30 heavy (non-hydrogen) atoms. The van der Waals surface area contributed by atoms with Crippen molar-refractivity contribution >= 4 is 34.2 Å². The Morgan fingerprint density at radius 2 is 1.90 bits per heavy atom. The largest absolute Gasteiger partial charge is 0.484 e. The average Bonchev–Trinajstić information content (AvgIpc) is 2.73. The Bertz CT molecular complexity index is 1050. The summed E-state index contributed by atoms with van der Waals surface area (Å²) in [5.74, 6) is 1.20. The maximum atomic E-state index is 12.7. The molecule has 1 aromatic heterocycles. The smallest absolute Gasteiger partial charge is 0.259 e. The molecule has 1 aliphatic rings. The van der Waals surface area contributed by atoms with E-state index in [-0.39, 0.29) is 12.5 Å². The number of ether oxygens (including phenoxy) is 1. The Morgan fingerprint density at radius 3 is 2.70 bits per heavy atom. The van der Waals surface area contributed by atoms with Gasteiger partial charge in [0.1, 0.15) is 17.2 Å². The van der Waals surface area contributed by atoms with E-state index in [1.54, 1.807) is 24.3 Å². The summed E-state index contributed by atoms with van der Waals surface area (Å²) in [6.07, 6.45) is 4.97. The van der Waals surface area contributed by atoms with E-state index >= 15 is 0 Å². The summed E-state index contributed by atoms with van der Waals surface area (Å²) in [6.45, 7) is 2.02. The first-order valence-corrected chi connectivity index (χ1v) is 10.7. The summed E-state index contributed by atoms with van der Waals surface area (Å²) in [5, 5.41) is 8.45. The van der Waals surface area contributed by atoms with E-state index in [1.165, 1.54) is 6.42 Å². The lowest BCUT2D eigenvalue weighted by Crippen LogP contribution is -2.56. The summed E-state index contributed by atoms with van der Waals surface area (Å²) in [4.78, 5) is 17.5. The van der Waals surface area contributed by atoms with Crippen molar-refractivity contribution < 1.29 is 9.53 Å². The molecule has 0 saturated heterocycles. The molecule has 2 aromatic carbocycles. The first-order valence-electron chi connectivity index (χ1n) is 10.4. The van der Waals surface area contributed by atoms with Crippen LogP contribution in [0.25, 0.3) is 10.9 Å². The highest BCUT2D eigenvalue weighted by molar-refractivity contribution is 6.30. The van der Waals surface area contributed by atoms with Crippen LogP contribution in [0.15, 0.2) is 54.6 Å². The van der Waals surface area contributed by atoms with E-state index in [2.05, 4.69) is 23.6 Å². The predicted octanol–water partition coefficient (Wildman–Crippen LogP) is 5.46. The number of benzene rings is 2. The van der Waals surface area contributed by atoms with Crippen molar-refractivity contribution in [1.82, 2.24) is 10.3 Å². The minimum absolute atomic E-state index is 0.0616. The average molecular weight is 424 g/mol. The molecule has 4 rings (SSSR count).